The van der Waals surface area contributed by atoms with E-state index in [1.54, 1.807) is 18.6 Å². The van der Waals surface area contributed by atoms with Crippen molar-refractivity contribution in [3.8, 4) is 0 Å². The molecule has 0 unspecified atom stereocenters. The molecule has 0 spiro atoms. The third-order valence-electron chi connectivity index (χ3n) is 4.18. The van der Waals surface area contributed by atoms with Crippen molar-refractivity contribution in [3.63, 3.8) is 0 Å². The van der Waals surface area contributed by atoms with Crippen LogP contribution in [0.1, 0.15) is 19.3 Å². The van der Waals surface area contributed by atoms with Crippen LogP contribution in [-0.4, -0.2) is 60.3 Å². The molecule has 3 N–H and O–H groups in total. The summed E-state index contributed by atoms with van der Waals surface area (Å²) in [5.41, 5.74) is 1.31. The van der Waals surface area contributed by atoms with Crippen LogP contribution in [0.3, 0.4) is 0 Å². The minimum Gasteiger partial charge on any atom is -0.368 e. The van der Waals surface area contributed by atoms with Gasteiger partial charge in [-0.3, -0.25) is 4.79 Å². The summed E-state index contributed by atoms with van der Waals surface area (Å²) in [5, 5.41) is 6.35. The number of anilines is 3. The predicted molar refractivity (Wildman–Crippen MR) is 95.9 cm³/mol. The Morgan fingerprint density at radius 3 is 3.04 bits per heavy atom. The van der Waals surface area contributed by atoms with Crippen LogP contribution in [0.15, 0.2) is 24.9 Å². The lowest BCUT2D eigenvalue weighted by atomic mass is 10.3. The average molecular weight is 353 g/mol. The molecule has 0 radical (unpaired) electrons. The Morgan fingerprint density at radius 2 is 2.23 bits per heavy atom. The first-order valence-corrected chi connectivity index (χ1v) is 8.55. The number of hydrogen-bond donors (Lipinski definition) is 3. The molecule has 4 heterocycles. The summed E-state index contributed by atoms with van der Waals surface area (Å²) in [7, 11) is 0. The zero-order valence-electron chi connectivity index (χ0n) is 14.1. The van der Waals surface area contributed by atoms with E-state index < -0.39 is 0 Å². The molecule has 1 fully saturated rings. The number of rotatable bonds is 7. The van der Waals surface area contributed by atoms with Crippen LogP contribution in [0.4, 0.5) is 17.6 Å². The molecule has 0 saturated carbocycles. The van der Waals surface area contributed by atoms with Crippen LogP contribution in [0.2, 0.25) is 0 Å². The molecular weight excluding hydrogens is 334 g/mol. The largest absolute Gasteiger partial charge is 0.368 e. The summed E-state index contributed by atoms with van der Waals surface area (Å²) in [4.78, 5) is 37.7. The maximum Gasteiger partial charge on any atom is 0.232 e. The quantitative estimate of drug-likeness (QED) is 0.543. The Labute approximate surface area is 149 Å². The first-order chi connectivity index (χ1) is 12.8. The minimum absolute atomic E-state index is 0.249. The van der Waals surface area contributed by atoms with Gasteiger partial charge in [0, 0.05) is 32.3 Å². The number of likely N-dealkylation sites (tertiary alicyclic amines) is 1. The zero-order chi connectivity index (χ0) is 17.8. The lowest BCUT2D eigenvalue weighted by molar-refractivity contribution is -0.127. The van der Waals surface area contributed by atoms with Crippen LogP contribution in [0, 0.1) is 0 Å². The van der Waals surface area contributed by atoms with Crippen LogP contribution in [0.5, 0.6) is 0 Å². The highest BCUT2D eigenvalue weighted by Crippen LogP contribution is 2.20. The van der Waals surface area contributed by atoms with Gasteiger partial charge >= 0.3 is 0 Å². The number of amides is 1. The highest BCUT2D eigenvalue weighted by Gasteiger charge is 2.19. The topological polar surface area (TPSA) is 125 Å². The maximum atomic E-state index is 11.6. The van der Waals surface area contributed by atoms with Crippen LogP contribution in [-0.2, 0) is 4.79 Å². The van der Waals surface area contributed by atoms with Crippen LogP contribution in [0.25, 0.3) is 11.2 Å². The molecule has 10 heteroatoms. The van der Waals surface area contributed by atoms with Crippen molar-refractivity contribution in [2.24, 2.45) is 0 Å². The molecule has 1 aliphatic heterocycles. The number of aromatic nitrogens is 6. The number of nitrogens with zero attached hydrogens (tertiary/aromatic N) is 6. The number of hydrogen-bond acceptors (Lipinski definition) is 8. The SMILES string of the molecule is O=C1CCCN1CCCNc1nc(Nc2ccncn2)nc2nc[nH]c12. The highest BCUT2D eigenvalue weighted by molar-refractivity contribution is 5.84. The van der Waals surface area contributed by atoms with E-state index in [0.29, 0.717) is 36.2 Å². The zero-order valence-corrected chi connectivity index (χ0v) is 14.1. The molecule has 1 saturated heterocycles. The highest BCUT2D eigenvalue weighted by atomic mass is 16.2. The van der Waals surface area contributed by atoms with Gasteiger partial charge in [-0.15, -0.1) is 0 Å². The molecule has 10 nitrogen and oxygen atoms in total. The van der Waals surface area contributed by atoms with Gasteiger partial charge in [0.2, 0.25) is 11.9 Å². The number of aromatic amines is 1. The van der Waals surface area contributed by atoms with E-state index in [1.807, 2.05) is 4.90 Å². The molecule has 0 aliphatic carbocycles. The molecule has 1 amide bonds. The van der Waals surface area contributed by atoms with E-state index in [4.69, 9.17) is 0 Å². The van der Waals surface area contributed by atoms with Crippen molar-refractivity contribution in [1.29, 1.82) is 0 Å². The Balaban J connectivity index is 1.43. The van der Waals surface area contributed by atoms with Crippen LogP contribution >= 0.6 is 0 Å². The molecule has 3 aromatic heterocycles. The monoisotopic (exact) mass is 353 g/mol. The number of H-pyrrole nitrogens is 1. The van der Waals surface area contributed by atoms with Crippen molar-refractivity contribution in [2.75, 3.05) is 30.3 Å². The van der Waals surface area contributed by atoms with Gasteiger partial charge in [-0.05, 0) is 18.9 Å². The normalized spacial score (nSPS) is 14.2. The molecular formula is C16H19N9O. The van der Waals surface area contributed by atoms with Gasteiger partial charge in [-0.2, -0.15) is 9.97 Å². The van der Waals surface area contributed by atoms with Gasteiger partial charge in [0.1, 0.15) is 17.7 Å². The second kappa shape index (κ2) is 7.30. The molecule has 26 heavy (non-hydrogen) atoms. The molecule has 3 aromatic rings. The van der Waals surface area contributed by atoms with E-state index in [0.717, 1.165) is 31.4 Å². The summed E-state index contributed by atoms with van der Waals surface area (Å²) in [6, 6.07) is 1.73. The Bertz CT molecular complexity index is 895. The smallest absolute Gasteiger partial charge is 0.232 e. The van der Waals surface area contributed by atoms with Crippen LogP contribution < -0.4 is 10.6 Å². The van der Waals surface area contributed by atoms with Crippen molar-refractivity contribution >= 4 is 34.7 Å². The first kappa shape index (κ1) is 16.2. The van der Waals surface area contributed by atoms with E-state index in [9.17, 15) is 4.79 Å². The first-order valence-electron chi connectivity index (χ1n) is 8.55. The summed E-state index contributed by atoms with van der Waals surface area (Å²) in [6.45, 7) is 2.32. The lowest BCUT2D eigenvalue weighted by Gasteiger charge is -2.15. The maximum absolute atomic E-state index is 11.6. The summed E-state index contributed by atoms with van der Waals surface area (Å²) >= 11 is 0. The number of carbonyl (C=O) groups excluding carboxylic acids is 1. The van der Waals surface area contributed by atoms with E-state index in [-0.39, 0.29) is 5.91 Å². The fraction of sp³-hybridized carbons (Fsp3) is 0.375. The number of imidazole rings is 1. The Hall–Kier alpha value is -3.30. The van der Waals surface area contributed by atoms with Crippen molar-refractivity contribution in [3.05, 3.63) is 24.9 Å². The minimum atomic E-state index is 0.249. The summed E-state index contributed by atoms with van der Waals surface area (Å²) in [5.74, 6) is 1.92. The van der Waals surface area contributed by atoms with Gasteiger partial charge in [-0.1, -0.05) is 0 Å². The Kier molecular flexibility index (Phi) is 4.54. The third-order valence-corrected chi connectivity index (χ3v) is 4.18. The van der Waals surface area contributed by atoms with E-state index >= 15 is 0 Å². The Morgan fingerprint density at radius 1 is 1.27 bits per heavy atom. The summed E-state index contributed by atoms with van der Waals surface area (Å²) < 4.78 is 0. The third kappa shape index (κ3) is 3.53. The number of fused-ring (bicyclic) bond motifs is 1. The molecule has 4 rings (SSSR count). The van der Waals surface area contributed by atoms with Gasteiger partial charge in [0.25, 0.3) is 0 Å². The molecule has 0 aromatic carbocycles. The average Bonchev–Trinajstić information content (AvgIpc) is 3.28. The predicted octanol–water partition coefficient (Wildman–Crippen LogP) is 1.31. The van der Waals surface area contributed by atoms with Gasteiger partial charge in [0.15, 0.2) is 11.5 Å². The molecule has 1 aliphatic rings. The van der Waals surface area contributed by atoms with Crippen molar-refractivity contribution in [2.45, 2.75) is 19.3 Å². The summed E-state index contributed by atoms with van der Waals surface area (Å²) in [6.07, 6.45) is 7.16. The molecule has 0 atom stereocenters. The molecule has 134 valence electrons. The van der Waals surface area contributed by atoms with Crippen molar-refractivity contribution in [1.82, 2.24) is 34.8 Å². The fourth-order valence-corrected chi connectivity index (χ4v) is 2.91. The number of nitrogens with one attached hydrogen (secondary N) is 3. The van der Waals surface area contributed by atoms with E-state index in [2.05, 4.69) is 40.5 Å². The van der Waals surface area contributed by atoms with Crippen molar-refractivity contribution < 1.29 is 4.79 Å². The fourth-order valence-electron chi connectivity index (χ4n) is 2.91. The standard InChI is InChI=1S/C16H19N9O/c26-12-3-1-7-25(12)8-2-5-18-14-13-15(21-10-20-13)24-16(23-14)22-11-4-6-17-9-19-11/h4,6,9-10H,1-3,5,7-8H2,(H3,17,18,19,20,21,22,23,24). The van der Waals surface area contributed by atoms with E-state index in [1.165, 1.54) is 6.33 Å². The second-order valence-electron chi connectivity index (χ2n) is 5.98. The van der Waals surface area contributed by atoms with Gasteiger partial charge < -0.3 is 20.5 Å². The second-order valence-corrected chi connectivity index (χ2v) is 5.98. The van der Waals surface area contributed by atoms with Gasteiger partial charge in [-0.25, -0.2) is 15.0 Å². The lowest BCUT2D eigenvalue weighted by Crippen LogP contribution is -2.27. The van der Waals surface area contributed by atoms with Gasteiger partial charge in [0.05, 0.1) is 6.33 Å². The molecule has 0 bridgehead atoms. The number of carbonyl (C=O) groups is 1.